The summed E-state index contributed by atoms with van der Waals surface area (Å²) < 4.78 is 0. The third-order valence-electron chi connectivity index (χ3n) is 5.61. The van der Waals surface area contributed by atoms with Crippen molar-refractivity contribution < 1.29 is 0 Å². The number of hydrogen-bond acceptors (Lipinski definition) is 2. The molecule has 0 aromatic heterocycles. The third kappa shape index (κ3) is 4.21. The van der Waals surface area contributed by atoms with Crippen LogP contribution in [0.5, 0.6) is 0 Å². The van der Waals surface area contributed by atoms with Crippen LogP contribution >= 0.6 is 12.2 Å². The van der Waals surface area contributed by atoms with Gasteiger partial charge >= 0.3 is 0 Å². The van der Waals surface area contributed by atoms with Crippen molar-refractivity contribution in [1.29, 1.82) is 0 Å². The minimum atomic E-state index is 0.544. The molecule has 1 saturated carbocycles. The zero-order chi connectivity index (χ0) is 16.9. The topological polar surface area (TPSA) is 18.5 Å². The Morgan fingerprint density at radius 1 is 1.17 bits per heavy atom. The van der Waals surface area contributed by atoms with E-state index < -0.39 is 0 Å². The second kappa shape index (κ2) is 8.19. The Morgan fingerprint density at radius 2 is 1.88 bits per heavy atom. The fourth-order valence-corrected chi connectivity index (χ4v) is 4.25. The summed E-state index contributed by atoms with van der Waals surface area (Å²) in [5, 5.41) is 4.51. The highest BCUT2D eigenvalue weighted by atomic mass is 32.1. The summed E-state index contributed by atoms with van der Waals surface area (Å²) in [6.07, 6.45) is 7.88. The van der Waals surface area contributed by atoms with E-state index in [-0.39, 0.29) is 0 Å². The lowest BCUT2D eigenvalue weighted by Crippen LogP contribution is -2.46. The summed E-state index contributed by atoms with van der Waals surface area (Å²) in [6, 6.07) is 9.34. The van der Waals surface area contributed by atoms with Gasteiger partial charge in [-0.2, -0.15) is 0 Å². The van der Waals surface area contributed by atoms with Gasteiger partial charge in [0.05, 0.1) is 0 Å². The molecular formula is C20H31N3S. The van der Waals surface area contributed by atoms with E-state index in [2.05, 4.69) is 53.4 Å². The van der Waals surface area contributed by atoms with Crippen LogP contribution in [0.4, 0.5) is 5.69 Å². The van der Waals surface area contributed by atoms with Crippen molar-refractivity contribution in [2.75, 3.05) is 25.0 Å². The Bertz CT molecular complexity index is 554. The summed E-state index contributed by atoms with van der Waals surface area (Å²) in [5.41, 5.74) is 2.76. The maximum atomic E-state index is 5.69. The molecule has 2 aliphatic rings. The molecule has 1 aromatic rings. The van der Waals surface area contributed by atoms with E-state index in [1.165, 1.54) is 62.9 Å². The largest absolute Gasteiger partial charge is 0.371 e. The third-order valence-corrected chi connectivity index (χ3v) is 6.04. The van der Waals surface area contributed by atoms with Crippen molar-refractivity contribution in [3.05, 3.63) is 29.8 Å². The van der Waals surface area contributed by atoms with E-state index in [1.54, 1.807) is 0 Å². The Balaban J connectivity index is 1.61. The van der Waals surface area contributed by atoms with Gasteiger partial charge in [0.25, 0.3) is 0 Å². The summed E-state index contributed by atoms with van der Waals surface area (Å²) in [7, 11) is 2.11. The van der Waals surface area contributed by atoms with Gasteiger partial charge in [-0.1, -0.05) is 38.0 Å². The molecular weight excluding hydrogens is 314 g/mol. The van der Waals surface area contributed by atoms with E-state index in [4.69, 9.17) is 12.2 Å². The predicted molar refractivity (Wildman–Crippen MR) is 107 cm³/mol. The minimum Gasteiger partial charge on any atom is -0.371 e. The molecule has 3 nitrogen and oxygen atoms in total. The zero-order valence-electron chi connectivity index (χ0n) is 15.1. The Morgan fingerprint density at radius 3 is 2.62 bits per heavy atom. The van der Waals surface area contributed by atoms with Gasteiger partial charge in [0.15, 0.2) is 5.11 Å². The van der Waals surface area contributed by atoms with Crippen LogP contribution < -0.4 is 10.2 Å². The average Bonchev–Trinajstić information content (AvgIpc) is 3.11. The quantitative estimate of drug-likeness (QED) is 0.825. The molecule has 1 saturated heterocycles. The first kappa shape index (κ1) is 17.5. The second-order valence-corrected chi connectivity index (χ2v) is 7.88. The molecule has 4 heteroatoms. The van der Waals surface area contributed by atoms with Crippen molar-refractivity contribution in [3.8, 4) is 0 Å². The fraction of sp³-hybridized carbons (Fsp3) is 0.650. The standard InChI is InChI=1S/C20H31N3S/c1-16-9-3-5-11-18(16)21-20(24)22(2)15-17-10-4-6-12-19(17)23-13-7-8-14-23/h4,6,10,12,16,18H,3,5,7-9,11,13-15H2,1-2H3,(H,21,24)/t16-,18-/m1/s1. The number of thiocarbonyl (C=S) groups is 1. The summed E-state index contributed by atoms with van der Waals surface area (Å²) in [4.78, 5) is 4.72. The number of rotatable bonds is 4. The van der Waals surface area contributed by atoms with Crippen LogP contribution in [0.1, 0.15) is 51.0 Å². The van der Waals surface area contributed by atoms with Crippen molar-refractivity contribution in [1.82, 2.24) is 10.2 Å². The summed E-state index contributed by atoms with van der Waals surface area (Å²) in [5.74, 6) is 0.724. The normalized spacial score (nSPS) is 24.0. The molecule has 0 radical (unpaired) electrons. The maximum Gasteiger partial charge on any atom is 0.169 e. The molecule has 1 aliphatic heterocycles. The van der Waals surface area contributed by atoms with Crippen LogP contribution in [0.2, 0.25) is 0 Å². The van der Waals surface area contributed by atoms with E-state index >= 15 is 0 Å². The first-order chi connectivity index (χ1) is 11.6. The number of nitrogens with one attached hydrogen (secondary N) is 1. The van der Waals surface area contributed by atoms with Gasteiger partial charge in [-0.3, -0.25) is 0 Å². The average molecular weight is 346 g/mol. The van der Waals surface area contributed by atoms with Crippen LogP contribution in [-0.4, -0.2) is 36.2 Å². The monoisotopic (exact) mass is 345 g/mol. The molecule has 3 rings (SSSR count). The van der Waals surface area contributed by atoms with E-state index in [0.29, 0.717) is 6.04 Å². The smallest absolute Gasteiger partial charge is 0.169 e. The lowest BCUT2D eigenvalue weighted by Gasteiger charge is -2.33. The lowest BCUT2D eigenvalue weighted by molar-refractivity contribution is 0.300. The van der Waals surface area contributed by atoms with Crippen LogP contribution in [0.25, 0.3) is 0 Å². The molecule has 24 heavy (non-hydrogen) atoms. The fourth-order valence-electron chi connectivity index (χ4n) is 4.04. The molecule has 132 valence electrons. The second-order valence-electron chi connectivity index (χ2n) is 7.50. The molecule has 0 amide bonds. The first-order valence-corrected chi connectivity index (χ1v) is 9.90. The number of para-hydroxylation sites is 1. The molecule has 0 unspecified atom stereocenters. The van der Waals surface area contributed by atoms with Gasteiger partial charge in [0.1, 0.15) is 0 Å². The van der Waals surface area contributed by atoms with Crippen molar-refractivity contribution >= 4 is 23.0 Å². The summed E-state index contributed by atoms with van der Waals surface area (Å²) >= 11 is 5.69. The van der Waals surface area contributed by atoms with Crippen molar-refractivity contribution in [2.45, 2.75) is 58.0 Å². The molecule has 2 atom stereocenters. The van der Waals surface area contributed by atoms with Gasteiger partial charge in [-0.25, -0.2) is 0 Å². The lowest BCUT2D eigenvalue weighted by atomic mass is 9.86. The highest BCUT2D eigenvalue weighted by molar-refractivity contribution is 7.80. The Labute approximate surface area is 152 Å². The minimum absolute atomic E-state index is 0.544. The van der Waals surface area contributed by atoms with Gasteiger partial charge in [-0.05, 0) is 55.4 Å². The number of benzene rings is 1. The molecule has 2 fully saturated rings. The first-order valence-electron chi connectivity index (χ1n) is 9.49. The Kier molecular flexibility index (Phi) is 5.99. The molecule has 0 spiro atoms. The van der Waals surface area contributed by atoms with Gasteiger partial charge < -0.3 is 15.1 Å². The zero-order valence-corrected chi connectivity index (χ0v) is 15.9. The van der Waals surface area contributed by atoms with Crippen LogP contribution in [0.15, 0.2) is 24.3 Å². The summed E-state index contributed by atoms with van der Waals surface area (Å²) in [6.45, 7) is 5.59. The highest BCUT2D eigenvalue weighted by Crippen LogP contribution is 2.26. The molecule has 1 aliphatic carbocycles. The van der Waals surface area contributed by atoms with Crippen molar-refractivity contribution in [3.63, 3.8) is 0 Å². The number of anilines is 1. The SMILES string of the molecule is C[C@@H]1CCCC[C@H]1NC(=S)N(C)Cc1ccccc1N1CCCC1. The predicted octanol–water partition coefficient (Wildman–Crippen LogP) is 4.17. The molecule has 1 heterocycles. The molecule has 0 bridgehead atoms. The van der Waals surface area contributed by atoms with Crippen LogP contribution in [0, 0.1) is 5.92 Å². The molecule has 1 aromatic carbocycles. The van der Waals surface area contributed by atoms with Gasteiger partial charge in [0.2, 0.25) is 0 Å². The number of nitrogens with zero attached hydrogens (tertiary/aromatic N) is 2. The maximum absolute atomic E-state index is 5.69. The van der Waals surface area contributed by atoms with Crippen LogP contribution in [0.3, 0.4) is 0 Å². The van der Waals surface area contributed by atoms with E-state index in [9.17, 15) is 0 Å². The Hall–Kier alpha value is -1.29. The van der Waals surface area contributed by atoms with E-state index in [0.717, 1.165) is 17.6 Å². The van der Waals surface area contributed by atoms with Gasteiger partial charge in [-0.15, -0.1) is 0 Å². The highest BCUT2D eigenvalue weighted by Gasteiger charge is 2.23. The van der Waals surface area contributed by atoms with Gasteiger partial charge in [0, 0.05) is 38.4 Å². The van der Waals surface area contributed by atoms with E-state index in [1.807, 2.05) is 0 Å². The molecule has 1 N–H and O–H groups in total. The van der Waals surface area contributed by atoms with Crippen LogP contribution in [-0.2, 0) is 6.54 Å². The van der Waals surface area contributed by atoms with Crippen molar-refractivity contribution in [2.24, 2.45) is 5.92 Å². The number of hydrogen-bond donors (Lipinski definition) is 1.